The third-order valence-electron chi connectivity index (χ3n) is 7.01. The van der Waals surface area contributed by atoms with Gasteiger partial charge in [-0.05, 0) is 55.0 Å². The molecule has 3 aromatic rings. The molecule has 0 unspecified atom stereocenters. The fraction of sp³-hybridized carbons (Fsp3) is 0.333. The molecule has 3 aromatic carbocycles. The Kier molecular flexibility index (Phi) is 6.91. The van der Waals surface area contributed by atoms with Gasteiger partial charge in [-0.15, -0.1) is 0 Å². The summed E-state index contributed by atoms with van der Waals surface area (Å²) in [6.45, 7) is 0.497. The topological polar surface area (TPSA) is 102 Å². The smallest absolute Gasteiger partial charge is 0.268 e. The van der Waals surface area contributed by atoms with Gasteiger partial charge in [0.25, 0.3) is 20.0 Å². The first-order valence-corrected chi connectivity index (χ1v) is 15.2. The maximum atomic E-state index is 14.2. The number of hydrogen-bond donors (Lipinski definition) is 0. The Labute approximate surface area is 223 Å². The largest absolute Gasteiger partial charge is 0.491 e. The molecule has 0 atom stereocenters. The second-order valence-corrected chi connectivity index (χ2v) is 12.8. The minimum Gasteiger partial charge on any atom is -0.491 e. The van der Waals surface area contributed by atoms with Gasteiger partial charge in [0.05, 0.1) is 32.7 Å². The number of sulfonamides is 2. The molecule has 2 heterocycles. The molecule has 2 aliphatic heterocycles. The molecule has 0 radical (unpaired) electrons. The van der Waals surface area contributed by atoms with Crippen LogP contribution in [0.4, 0.5) is 11.4 Å². The quantitative estimate of drug-likeness (QED) is 0.432. The van der Waals surface area contributed by atoms with E-state index in [1.807, 2.05) is 24.3 Å². The Bertz CT molecular complexity index is 1470. The predicted molar refractivity (Wildman–Crippen MR) is 145 cm³/mol. The molecule has 11 heteroatoms. The van der Waals surface area contributed by atoms with Crippen LogP contribution in [0.2, 0.25) is 0 Å². The van der Waals surface area contributed by atoms with Crippen molar-refractivity contribution in [3.63, 3.8) is 0 Å². The van der Waals surface area contributed by atoms with Crippen LogP contribution in [0.3, 0.4) is 0 Å². The van der Waals surface area contributed by atoms with E-state index < -0.39 is 20.0 Å². The molecule has 38 heavy (non-hydrogen) atoms. The number of aryl methyl sites for hydroxylation is 2. The molecular weight excluding hydrogens is 528 g/mol. The van der Waals surface area contributed by atoms with Crippen LogP contribution >= 0.6 is 0 Å². The number of methoxy groups -OCH3 is 3. The number of rotatable bonds is 7. The minimum atomic E-state index is -4.26. The number of anilines is 2. The van der Waals surface area contributed by atoms with Crippen LogP contribution in [0.25, 0.3) is 0 Å². The molecule has 0 N–H and O–H groups in total. The molecular formula is C27H30N2O7S2. The molecule has 0 spiro atoms. The summed E-state index contributed by atoms with van der Waals surface area (Å²) in [4.78, 5) is -0.614. The van der Waals surface area contributed by atoms with Gasteiger partial charge in [0.2, 0.25) is 5.75 Å². The van der Waals surface area contributed by atoms with E-state index in [0.29, 0.717) is 24.2 Å². The Balaban J connectivity index is 1.75. The van der Waals surface area contributed by atoms with Crippen molar-refractivity contribution in [2.45, 2.75) is 35.5 Å². The highest BCUT2D eigenvalue weighted by atomic mass is 32.2. The third kappa shape index (κ3) is 4.14. The average molecular weight is 559 g/mol. The lowest BCUT2D eigenvalue weighted by Crippen LogP contribution is -2.37. The summed E-state index contributed by atoms with van der Waals surface area (Å²) in [6, 6.07) is 15.7. The van der Waals surface area contributed by atoms with Crippen LogP contribution in [0.1, 0.15) is 24.0 Å². The molecule has 0 aromatic heterocycles. The van der Waals surface area contributed by atoms with Gasteiger partial charge in [-0.25, -0.2) is 16.8 Å². The van der Waals surface area contributed by atoms with Crippen molar-refractivity contribution in [3.05, 3.63) is 65.7 Å². The van der Waals surface area contributed by atoms with E-state index in [2.05, 4.69) is 0 Å². The number of nitrogens with zero attached hydrogens (tertiary/aromatic N) is 2. The molecule has 0 bridgehead atoms. The van der Waals surface area contributed by atoms with Crippen LogP contribution in [0, 0.1) is 0 Å². The first kappa shape index (κ1) is 26.2. The van der Waals surface area contributed by atoms with Gasteiger partial charge in [0.1, 0.15) is 9.79 Å². The van der Waals surface area contributed by atoms with Crippen LogP contribution in [-0.2, 0) is 32.9 Å². The van der Waals surface area contributed by atoms with Crippen LogP contribution in [0.5, 0.6) is 17.2 Å². The Morgan fingerprint density at radius 2 is 1.00 bits per heavy atom. The Morgan fingerprint density at radius 3 is 1.39 bits per heavy atom. The zero-order valence-electron chi connectivity index (χ0n) is 21.5. The maximum absolute atomic E-state index is 14.2. The normalized spacial score (nSPS) is 15.4. The van der Waals surface area contributed by atoms with E-state index in [4.69, 9.17) is 14.2 Å². The van der Waals surface area contributed by atoms with Gasteiger partial charge >= 0.3 is 0 Å². The predicted octanol–water partition coefficient (Wildman–Crippen LogP) is 4.00. The van der Waals surface area contributed by atoms with Gasteiger partial charge in [-0.2, -0.15) is 0 Å². The second kappa shape index (κ2) is 10.0. The van der Waals surface area contributed by atoms with Crippen LogP contribution in [-0.4, -0.2) is 51.3 Å². The Morgan fingerprint density at radius 1 is 0.605 bits per heavy atom. The minimum absolute atomic E-state index is 0.106. The first-order chi connectivity index (χ1) is 18.2. The summed E-state index contributed by atoms with van der Waals surface area (Å²) in [7, 11) is -4.57. The zero-order chi connectivity index (χ0) is 27.1. The van der Waals surface area contributed by atoms with E-state index in [0.717, 1.165) is 30.0 Å². The summed E-state index contributed by atoms with van der Waals surface area (Å²) < 4.78 is 76.0. The van der Waals surface area contributed by atoms with Gasteiger partial charge in [0, 0.05) is 13.1 Å². The molecule has 5 rings (SSSR count). The lowest BCUT2D eigenvalue weighted by atomic mass is 10.0. The van der Waals surface area contributed by atoms with Crippen molar-refractivity contribution in [3.8, 4) is 17.2 Å². The molecule has 0 saturated heterocycles. The summed E-state index contributed by atoms with van der Waals surface area (Å²) >= 11 is 0. The molecule has 202 valence electrons. The second-order valence-electron chi connectivity index (χ2n) is 9.09. The summed E-state index contributed by atoms with van der Waals surface area (Å²) in [5.74, 6) is -0.346. The number of fused-ring (bicyclic) bond motifs is 2. The fourth-order valence-corrected chi connectivity index (χ4v) is 8.78. The van der Waals surface area contributed by atoms with E-state index in [1.54, 1.807) is 24.3 Å². The van der Waals surface area contributed by atoms with E-state index in [9.17, 15) is 16.8 Å². The van der Waals surface area contributed by atoms with Crippen molar-refractivity contribution >= 4 is 31.4 Å². The third-order valence-corrected chi connectivity index (χ3v) is 10.6. The highest BCUT2D eigenvalue weighted by Gasteiger charge is 2.39. The lowest BCUT2D eigenvalue weighted by molar-refractivity contribution is 0.313. The Hall–Kier alpha value is -3.44. The van der Waals surface area contributed by atoms with Crippen LogP contribution < -0.4 is 22.8 Å². The standard InChI is InChI=1S/C27H30N2O7S2/c1-34-25-23(37(30,31)28-16-8-12-19-10-4-6-14-21(19)28)18-24(26(35-2)27(25)36-3)38(32,33)29-17-9-13-20-11-5-7-15-22(20)29/h4-7,10-11,14-15,18H,8-9,12-13,16-17H2,1-3H3. The number of para-hydroxylation sites is 2. The van der Waals surface area contributed by atoms with Gasteiger partial charge in [-0.3, -0.25) is 8.61 Å². The summed E-state index contributed by atoms with van der Waals surface area (Å²) in [5.41, 5.74) is 2.92. The molecule has 0 aliphatic carbocycles. The first-order valence-electron chi connectivity index (χ1n) is 12.3. The molecule has 0 saturated carbocycles. The number of ether oxygens (including phenoxy) is 3. The maximum Gasteiger partial charge on any atom is 0.268 e. The molecule has 0 amide bonds. The van der Waals surface area contributed by atoms with Gasteiger partial charge in [0.15, 0.2) is 11.5 Å². The molecule has 9 nitrogen and oxygen atoms in total. The van der Waals surface area contributed by atoms with Gasteiger partial charge in [-0.1, -0.05) is 36.4 Å². The summed E-state index contributed by atoms with van der Waals surface area (Å²) in [5, 5.41) is 0. The van der Waals surface area contributed by atoms with Crippen molar-refractivity contribution < 1.29 is 31.0 Å². The van der Waals surface area contributed by atoms with Crippen molar-refractivity contribution in [2.24, 2.45) is 0 Å². The van der Waals surface area contributed by atoms with Crippen molar-refractivity contribution in [2.75, 3.05) is 43.0 Å². The highest BCUT2D eigenvalue weighted by Crippen LogP contribution is 2.49. The number of hydrogen-bond acceptors (Lipinski definition) is 7. The van der Waals surface area contributed by atoms with E-state index >= 15 is 0 Å². The highest BCUT2D eigenvalue weighted by molar-refractivity contribution is 7.93. The molecule has 0 fully saturated rings. The molecule has 2 aliphatic rings. The zero-order valence-corrected chi connectivity index (χ0v) is 23.1. The summed E-state index contributed by atoms with van der Waals surface area (Å²) in [6.07, 6.45) is 2.75. The van der Waals surface area contributed by atoms with Crippen molar-refractivity contribution in [1.29, 1.82) is 0 Å². The van der Waals surface area contributed by atoms with Crippen molar-refractivity contribution in [1.82, 2.24) is 0 Å². The van der Waals surface area contributed by atoms with Crippen LogP contribution in [0.15, 0.2) is 64.4 Å². The van der Waals surface area contributed by atoms with Gasteiger partial charge < -0.3 is 14.2 Å². The fourth-order valence-electron chi connectivity index (χ4n) is 5.27. The van der Waals surface area contributed by atoms with E-state index in [-0.39, 0.29) is 40.1 Å². The average Bonchev–Trinajstić information content (AvgIpc) is 2.95. The van der Waals surface area contributed by atoms with E-state index in [1.165, 1.54) is 29.9 Å². The number of benzene rings is 3. The monoisotopic (exact) mass is 558 g/mol. The SMILES string of the molecule is COc1c(S(=O)(=O)N2CCCc3ccccc32)cc(S(=O)(=O)N2CCCc3ccccc32)c(OC)c1OC. The lowest BCUT2D eigenvalue weighted by Gasteiger charge is -2.33.